The van der Waals surface area contributed by atoms with Crippen molar-refractivity contribution in [3.05, 3.63) is 24.3 Å². The van der Waals surface area contributed by atoms with Crippen molar-refractivity contribution in [3.8, 4) is 17.9 Å². The minimum Gasteiger partial charge on any atom is -0.489 e. The van der Waals surface area contributed by atoms with Crippen LogP contribution in [0.3, 0.4) is 0 Å². The highest BCUT2D eigenvalue weighted by Gasteiger charge is 2.04. The zero-order valence-electron chi connectivity index (χ0n) is 9.64. The van der Waals surface area contributed by atoms with Gasteiger partial charge in [0.1, 0.15) is 17.9 Å². The molecule has 1 aromatic rings. The van der Waals surface area contributed by atoms with Gasteiger partial charge < -0.3 is 4.74 Å². The van der Waals surface area contributed by atoms with Crippen LogP contribution < -0.4 is 10.2 Å². The number of hydrogen-bond donors (Lipinski definition) is 1. The molecule has 0 aliphatic heterocycles. The average Bonchev–Trinajstić information content (AvgIpc) is 2.31. The molecule has 0 saturated heterocycles. The number of hydrazone groups is 1. The zero-order chi connectivity index (χ0) is 12.7. The molecule has 0 unspecified atom stereocenters. The molecule has 0 fully saturated rings. The van der Waals surface area contributed by atoms with Gasteiger partial charge in [0.2, 0.25) is 5.71 Å². The first kappa shape index (κ1) is 12.5. The zero-order valence-corrected chi connectivity index (χ0v) is 9.64. The lowest BCUT2D eigenvalue weighted by molar-refractivity contribution is 0.243. The lowest BCUT2D eigenvalue weighted by atomic mass is 10.3. The normalized spacial score (nSPS) is 9.00. The molecule has 0 saturated carbocycles. The molecule has 0 aromatic heterocycles. The fourth-order valence-corrected chi connectivity index (χ4v) is 1.11. The second-order valence-electron chi connectivity index (χ2n) is 3.46. The SMILES string of the molecule is CC(C)Oc1ccccc1NN=C(C#N)C#N. The number of para-hydroxylation sites is 2. The van der Waals surface area contributed by atoms with Crippen molar-refractivity contribution in [2.75, 3.05) is 5.43 Å². The fourth-order valence-electron chi connectivity index (χ4n) is 1.11. The Morgan fingerprint density at radius 2 is 1.94 bits per heavy atom. The van der Waals surface area contributed by atoms with E-state index in [4.69, 9.17) is 15.3 Å². The lowest BCUT2D eigenvalue weighted by Gasteiger charge is -2.13. The number of nitriles is 2. The molecule has 0 amide bonds. The summed E-state index contributed by atoms with van der Waals surface area (Å²) in [6.07, 6.45) is 0.0355. The van der Waals surface area contributed by atoms with Crippen LogP contribution in [0, 0.1) is 22.7 Å². The Hall–Kier alpha value is -2.53. The molecule has 5 nitrogen and oxygen atoms in total. The van der Waals surface area contributed by atoms with Crippen LogP contribution in [0.5, 0.6) is 5.75 Å². The van der Waals surface area contributed by atoms with Crippen molar-refractivity contribution < 1.29 is 4.74 Å². The lowest BCUT2D eigenvalue weighted by Crippen LogP contribution is -2.07. The van der Waals surface area contributed by atoms with Crippen LogP contribution in [0.25, 0.3) is 0 Å². The number of nitrogens with one attached hydrogen (secondary N) is 1. The van der Waals surface area contributed by atoms with Crippen molar-refractivity contribution >= 4 is 11.4 Å². The Bertz CT molecular complexity index is 478. The Kier molecular flexibility index (Phi) is 4.53. The number of hydrogen-bond acceptors (Lipinski definition) is 5. The van der Waals surface area contributed by atoms with Crippen molar-refractivity contribution in [1.82, 2.24) is 0 Å². The van der Waals surface area contributed by atoms with E-state index in [0.29, 0.717) is 11.4 Å². The maximum Gasteiger partial charge on any atom is 0.237 e. The summed E-state index contributed by atoms with van der Waals surface area (Å²) < 4.78 is 5.55. The molecule has 0 heterocycles. The van der Waals surface area contributed by atoms with Gasteiger partial charge in [-0.25, -0.2) is 0 Å². The van der Waals surface area contributed by atoms with Gasteiger partial charge in [-0.1, -0.05) is 12.1 Å². The summed E-state index contributed by atoms with van der Waals surface area (Å²) in [5.74, 6) is 0.626. The standard InChI is InChI=1S/C12H12N4O/c1-9(2)17-12-6-4-3-5-11(12)16-15-10(7-13)8-14/h3-6,9,16H,1-2H3. The highest BCUT2D eigenvalue weighted by atomic mass is 16.5. The van der Waals surface area contributed by atoms with Crippen LogP contribution in [0.15, 0.2) is 29.4 Å². The van der Waals surface area contributed by atoms with Gasteiger partial charge in [0.15, 0.2) is 0 Å². The molecule has 17 heavy (non-hydrogen) atoms. The first-order chi connectivity index (χ1) is 8.17. The molecular formula is C12H12N4O. The Labute approximate surface area is 99.9 Å². The Morgan fingerprint density at radius 1 is 1.29 bits per heavy atom. The monoisotopic (exact) mass is 228 g/mol. The summed E-state index contributed by atoms with van der Waals surface area (Å²) >= 11 is 0. The summed E-state index contributed by atoms with van der Waals surface area (Å²) in [4.78, 5) is 0. The van der Waals surface area contributed by atoms with Crippen LogP contribution in [-0.2, 0) is 0 Å². The third kappa shape index (κ3) is 3.84. The maximum atomic E-state index is 8.54. The number of rotatable bonds is 4. The van der Waals surface area contributed by atoms with Crippen molar-refractivity contribution in [1.29, 1.82) is 10.5 Å². The third-order valence-corrected chi connectivity index (χ3v) is 1.75. The molecule has 0 atom stereocenters. The number of nitrogens with zero attached hydrogens (tertiary/aromatic N) is 3. The second kappa shape index (κ2) is 6.14. The van der Waals surface area contributed by atoms with Gasteiger partial charge in [-0.2, -0.15) is 15.6 Å². The molecule has 1 aromatic carbocycles. The summed E-state index contributed by atoms with van der Waals surface area (Å²) in [5.41, 5.74) is 3.02. The van der Waals surface area contributed by atoms with Gasteiger partial charge in [-0.15, -0.1) is 0 Å². The van der Waals surface area contributed by atoms with Crippen molar-refractivity contribution in [2.45, 2.75) is 20.0 Å². The second-order valence-corrected chi connectivity index (χ2v) is 3.46. The van der Waals surface area contributed by atoms with Crippen LogP contribution >= 0.6 is 0 Å². The van der Waals surface area contributed by atoms with Crippen LogP contribution in [-0.4, -0.2) is 11.8 Å². The van der Waals surface area contributed by atoms with E-state index in [1.165, 1.54) is 0 Å². The van der Waals surface area contributed by atoms with E-state index >= 15 is 0 Å². The van der Waals surface area contributed by atoms with E-state index < -0.39 is 0 Å². The molecule has 0 bridgehead atoms. The van der Waals surface area contributed by atoms with Gasteiger partial charge in [0, 0.05) is 0 Å². The Balaban J connectivity index is 2.89. The van der Waals surface area contributed by atoms with Gasteiger partial charge in [-0.3, -0.25) is 5.43 Å². The summed E-state index contributed by atoms with van der Waals surface area (Å²) in [6.45, 7) is 3.83. The molecule has 1 N–H and O–H groups in total. The van der Waals surface area contributed by atoms with E-state index in [1.54, 1.807) is 24.3 Å². The maximum absolute atomic E-state index is 8.54. The van der Waals surface area contributed by atoms with Gasteiger partial charge in [0.25, 0.3) is 0 Å². The first-order valence-corrected chi connectivity index (χ1v) is 5.07. The highest BCUT2D eigenvalue weighted by Crippen LogP contribution is 2.24. The molecule has 86 valence electrons. The molecule has 0 spiro atoms. The smallest absolute Gasteiger partial charge is 0.237 e. The van der Waals surface area contributed by atoms with Crippen LogP contribution in [0.4, 0.5) is 5.69 Å². The highest BCUT2D eigenvalue weighted by molar-refractivity contribution is 6.10. The molecule has 0 radical (unpaired) electrons. The minimum atomic E-state index is -0.232. The van der Waals surface area contributed by atoms with E-state index in [1.807, 2.05) is 26.0 Å². The number of ether oxygens (including phenoxy) is 1. The van der Waals surface area contributed by atoms with Gasteiger partial charge in [0.05, 0.1) is 11.8 Å². The molecular weight excluding hydrogens is 216 g/mol. The molecule has 0 aliphatic carbocycles. The summed E-state index contributed by atoms with van der Waals surface area (Å²) in [5, 5.41) is 20.8. The summed E-state index contributed by atoms with van der Waals surface area (Å²) in [6, 6.07) is 10.5. The molecule has 5 heteroatoms. The summed E-state index contributed by atoms with van der Waals surface area (Å²) in [7, 11) is 0. The van der Waals surface area contributed by atoms with E-state index in [9.17, 15) is 0 Å². The van der Waals surface area contributed by atoms with Crippen LogP contribution in [0.1, 0.15) is 13.8 Å². The van der Waals surface area contributed by atoms with Gasteiger partial charge >= 0.3 is 0 Å². The van der Waals surface area contributed by atoms with E-state index in [2.05, 4.69) is 10.5 Å². The largest absolute Gasteiger partial charge is 0.489 e. The van der Waals surface area contributed by atoms with Crippen LogP contribution in [0.2, 0.25) is 0 Å². The van der Waals surface area contributed by atoms with Gasteiger partial charge in [-0.05, 0) is 26.0 Å². The molecule has 0 aliphatic rings. The number of benzene rings is 1. The fraction of sp³-hybridized carbons (Fsp3) is 0.250. The quantitative estimate of drug-likeness (QED) is 0.633. The number of anilines is 1. The predicted octanol–water partition coefficient (Wildman–Crippen LogP) is 2.29. The van der Waals surface area contributed by atoms with E-state index in [-0.39, 0.29) is 11.8 Å². The molecule has 1 rings (SSSR count). The van der Waals surface area contributed by atoms with Crippen molar-refractivity contribution in [2.24, 2.45) is 5.10 Å². The first-order valence-electron chi connectivity index (χ1n) is 5.07. The third-order valence-electron chi connectivity index (χ3n) is 1.75. The predicted molar refractivity (Wildman–Crippen MR) is 64.5 cm³/mol. The van der Waals surface area contributed by atoms with E-state index in [0.717, 1.165) is 0 Å². The topological polar surface area (TPSA) is 81.2 Å². The van der Waals surface area contributed by atoms with Crippen molar-refractivity contribution in [3.63, 3.8) is 0 Å². The average molecular weight is 228 g/mol. The Morgan fingerprint density at radius 3 is 2.53 bits per heavy atom. The minimum absolute atomic E-state index is 0.0355.